The molecule has 4 rings (SSSR count). The average Bonchev–Trinajstić information content (AvgIpc) is 2.61. The number of benzene rings is 4. The molecule has 0 saturated heterocycles. The predicted octanol–water partition coefficient (Wildman–Crippen LogP) is 5.99. The molecule has 0 spiro atoms. The highest BCUT2D eigenvalue weighted by Gasteiger charge is 2.12. The highest BCUT2D eigenvalue weighted by Crippen LogP contribution is 2.29. The third-order valence-electron chi connectivity index (χ3n) is 4.55. The van der Waals surface area contributed by atoms with Gasteiger partial charge in [0.15, 0.2) is 0 Å². The van der Waals surface area contributed by atoms with Crippen molar-refractivity contribution in [2.45, 2.75) is 6.42 Å². The lowest BCUT2D eigenvalue weighted by molar-refractivity contribution is 0.100. The second-order valence-corrected chi connectivity index (χ2v) is 7.18. The van der Waals surface area contributed by atoms with Gasteiger partial charge in [0.2, 0.25) is 5.91 Å². The SMILES string of the molecule is NC(=O)c1cc(Cc2ccc(Cl)cc2Cl)cc2cc3ccccc3cc12. The fourth-order valence-corrected chi connectivity index (χ4v) is 3.78. The number of fused-ring (bicyclic) bond motifs is 2. The van der Waals surface area contributed by atoms with E-state index in [4.69, 9.17) is 28.9 Å². The summed E-state index contributed by atoms with van der Waals surface area (Å²) in [5.41, 5.74) is 8.10. The second-order valence-electron chi connectivity index (χ2n) is 6.34. The average molecular weight is 380 g/mol. The molecule has 128 valence electrons. The van der Waals surface area contributed by atoms with Gasteiger partial charge in [0.1, 0.15) is 0 Å². The maximum atomic E-state index is 12.0. The van der Waals surface area contributed by atoms with Crippen molar-refractivity contribution in [3.63, 3.8) is 0 Å². The van der Waals surface area contributed by atoms with E-state index in [0.717, 1.165) is 32.7 Å². The molecule has 4 aromatic rings. The number of carbonyl (C=O) groups excluding carboxylic acids is 1. The number of nitrogens with two attached hydrogens (primary N) is 1. The summed E-state index contributed by atoms with van der Waals surface area (Å²) in [5, 5.41) is 5.26. The molecule has 0 saturated carbocycles. The number of primary amides is 1. The van der Waals surface area contributed by atoms with Gasteiger partial charge in [-0.15, -0.1) is 0 Å². The van der Waals surface area contributed by atoms with Gasteiger partial charge >= 0.3 is 0 Å². The standard InChI is InChI=1S/C22H15Cl2NO/c23-18-6-5-16(21(24)12-18)7-13-8-17-10-14-3-1-2-4-15(14)11-19(17)20(9-13)22(25)26/h1-6,8-12H,7H2,(H2,25,26). The van der Waals surface area contributed by atoms with Crippen LogP contribution in [0.5, 0.6) is 0 Å². The maximum Gasteiger partial charge on any atom is 0.249 e. The molecule has 0 heterocycles. The summed E-state index contributed by atoms with van der Waals surface area (Å²) in [5.74, 6) is -0.436. The van der Waals surface area contributed by atoms with Crippen LogP contribution < -0.4 is 5.73 Å². The minimum atomic E-state index is -0.436. The summed E-state index contributed by atoms with van der Waals surface area (Å²) in [6.07, 6.45) is 0.596. The van der Waals surface area contributed by atoms with Gasteiger partial charge in [-0.05, 0) is 69.4 Å². The van der Waals surface area contributed by atoms with E-state index in [0.29, 0.717) is 22.0 Å². The number of amides is 1. The Morgan fingerprint density at radius 3 is 2.27 bits per heavy atom. The lowest BCUT2D eigenvalue weighted by Crippen LogP contribution is -2.12. The van der Waals surface area contributed by atoms with Crippen LogP contribution in [0.2, 0.25) is 10.0 Å². The van der Waals surface area contributed by atoms with Crippen molar-refractivity contribution >= 4 is 50.7 Å². The van der Waals surface area contributed by atoms with E-state index in [1.807, 2.05) is 42.5 Å². The molecule has 0 aromatic heterocycles. The first-order chi connectivity index (χ1) is 12.5. The van der Waals surface area contributed by atoms with Crippen LogP contribution in [0.4, 0.5) is 0 Å². The molecule has 4 heteroatoms. The fraction of sp³-hybridized carbons (Fsp3) is 0.0455. The Hall–Kier alpha value is -2.55. The monoisotopic (exact) mass is 379 g/mol. The van der Waals surface area contributed by atoms with Crippen molar-refractivity contribution in [2.75, 3.05) is 0 Å². The molecule has 0 atom stereocenters. The van der Waals surface area contributed by atoms with Crippen LogP contribution in [0.15, 0.2) is 66.7 Å². The van der Waals surface area contributed by atoms with Crippen LogP contribution in [0.1, 0.15) is 21.5 Å². The van der Waals surface area contributed by atoms with Crippen LogP contribution in [-0.4, -0.2) is 5.91 Å². The van der Waals surface area contributed by atoms with Crippen LogP contribution in [0.25, 0.3) is 21.5 Å². The van der Waals surface area contributed by atoms with Crippen molar-refractivity contribution in [3.8, 4) is 0 Å². The topological polar surface area (TPSA) is 43.1 Å². The Kier molecular flexibility index (Phi) is 4.31. The zero-order chi connectivity index (χ0) is 18.3. The number of hydrogen-bond donors (Lipinski definition) is 1. The normalized spacial score (nSPS) is 11.2. The fourth-order valence-electron chi connectivity index (χ4n) is 3.31. The van der Waals surface area contributed by atoms with Gasteiger partial charge in [0.05, 0.1) is 0 Å². The molecular formula is C22H15Cl2NO. The zero-order valence-electron chi connectivity index (χ0n) is 13.8. The van der Waals surface area contributed by atoms with E-state index < -0.39 is 5.91 Å². The minimum absolute atomic E-state index is 0.436. The molecule has 2 nitrogen and oxygen atoms in total. The summed E-state index contributed by atoms with van der Waals surface area (Å²) in [4.78, 5) is 12.0. The molecule has 0 aliphatic rings. The molecule has 0 aliphatic carbocycles. The minimum Gasteiger partial charge on any atom is -0.366 e. The van der Waals surface area contributed by atoms with E-state index in [1.54, 1.807) is 6.07 Å². The van der Waals surface area contributed by atoms with Crippen LogP contribution in [0.3, 0.4) is 0 Å². The Bertz CT molecular complexity index is 1170. The first-order valence-corrected chi connectivity index (χ1v) is 8.96. The quantitative estimate of drug-likeness (QED) is 0.436. The summed E-state index contributed by atoms with van der Waals surface area (Å²) in [7, 11) is 0. The molecule has 0 bridgehead atoms. The van der Waals surface area contributed by atoms with Gasteiger partial charge in [-0.1, -0.05) is 59.6 Å². The number of halogens is 2. The lowest BCUT2D eigenvalue weighted by atomic mass is 9.94. The largest absolute Gasteiger partial charge is 0.366 e. The highest BCUT2D eigenvalue weighted by atomic mass is 35.5. The van der Waals surface area contributed by atoms with Crippen molar-refractivity contribution < 1.29 is 4.79 Å². The Morgan fingerprint density at radius 1 is 0.846 bits per heavy atom. The zero-order valence-corrected chi connectivity index (χ0v) is 15.3. The summed E-state index contributed by atoms with van der Waals surface area (Å²) < 4.78 is 0. The van der Waals surface area contributed by atoms with Gasteiger partial charge in [-0.3, -0.25) is 4.79 Å². The summed E-state index contributed by atoms with van der Waals surface area (Å²) in [6, 6.07) is 21.5. The molecule has 4 aromatic carbocycles. The molecule has 0 aliphatic heterocycles. The Morgan fingerprint density at radius 2 is 1.58 bits per heavy atom. The first-order valence-electron chi connectivity index (χ1n) is 8.20. The van der Waals surface area contributed by atoms with Crippen LogP contribution >= 0.6 is 23.2 Å². The summed E-state index contributed by atoms with van der Waals surface area (Å²) >= 11 is 12.3. The van der Waals surface area contributed by atoms with Crippen LogP contribution in [-0.2, 0) is 6.42 Å². The molecule has 0 radical (unpaired) electrons. The molecule has 1 amide bonds. The van der Waals surface area contributed by atoms with Crippen molar-refractivity contribution in [3.05, 3.63) is 93.5 Å². The van der Waals surface area contributed by atoms with E-state index in [2.05, 4.69) is 18.2 Å². The molecule has 2 N–H and O–H groups in total. The number of hydrogen-bond acceptors (Lipinski definition) is 1. The van der Waals surface area contributed by atoms with Gasteiger partial charge in [0, 0.05) is 15.6 Å². The van der Waals surface area contributed by atoms with E-state index >= 15 is 0 Å². The molecule has 26 heavy (non-hydrogen) atoms. The Balaban J connectivity index is 1.90. The first kappa shape index (κ1) is 16.9. The smallest absolute Gasteiger partial charge is 0.249 e. The predicted molar refractivity (Wildman–Crippen MR) is 109 cm³/mol. The van der Waals surface area contributed by atoms with Crippen molar-refractivity contribution in [1.82, 2.24) is 0 Å². The maximum absolute atomic E-state index is 12.0. The third kappa shape index (κ3) is 3.14. The van der Waals surface area contributed by atoms with Gasteiger partial charge < -0.3 is 5.73 Å². The highest BCUT2D eigenvalue weighted by molar-refractivity contribution is 6.35. The lowest BCUT2D eigenvalue weighted by Gasteiger charge is -2.11. The van der Waals surface area contributed by atoms with Crippen molar-refractivity contribution in [2.24, 2.45) is 5.73 Å². The van der Waals surface area contributed by atoms with E-state index in [1.165, 1.54) is 0 Å². The number of rotatable bonds is 3. The van der Waals surface area contributed by atoms with Gasteiger partial charge in [-0.2, -0.15) is 0 Å². The van der Waals surface area contributed by atoms with Gasteiger partial charge in [0.25, 0.3) is 0 Å². The number of carbonyl (C=O) groups is 1. The molecule has 0 unspecified atom stereocenters. The molecular weight excluding hydrogens is 365 g/mol. The van der Waals surface area contributed by atoms with Gasteiger partial charge in [-0.25, -0.2) is 0 Å². The second kappa shape index (κ2) is 6.64. The molecule has 0 fully saturated rings. The summed E-state index contributed by atoms with van der Waals surface area (Å²) in [6.45, 7) is 0. The van der Waals surface area contributed by atoms with Crippen LogP contribution in [0, 0.1) is 0 Å². The third-order valence-corrected chi connectivity index (χ3v) is 5.14. The van der Waals surface area contributed by atoms with E-state index in [9.17, 15) is 4.79 Å². The van der Waals surface area contributed by atoms with E-state index in [-0.39, 0.29) is 0 Å². The van der Waals surface area contributed by atoms with Crippen molar-refractivity contribution in [1.29, 1.82) is 0 Å². The Labute approximate surface area is 161 Å².